The number of hydrogen-bond donors (Lipinski definition) is 2. The van der Waals surface area contributed by atoms with Gasteiger partial charge < -0.3 is 15.4 Å². The zero-order chi connectivity index (χ0) is 17.1. The monoisotopic (exact) mass is 324 g/mol. The lowest BCUT2D eigenvalue weighted by Gasteiger charge is -2.24. The molecule has 0 fully saturated rings. The summed E-state index contributed by atoms with van der Waals surface area (Å²) in [6, 6.07) is 13.6. The van der Waals surface area contributed by atoms with Gasteiger partial charge in [-0.25, -0.2) is 4.79 Å². The molecule has 3 rings (SSSR count). The molecule has 0 aromatic heterocycles. The molecule has 1 atom stereocenters. The fourth-order valence-electron chi connectivity index (χ4n) is 2.68. The topological polar surface area (TPSA) is 84.5 Å². The van der Waals surface area contributed by atoms with E-state index in [1.54, 1.807) is 30.3 Å². The highest BCUT2D eigenvalue weighted by molar-refractivity contribution is 6.05. The molecule has 2 amide bonds. The van der Waals surface area contributed by atoms with Crippen LogP contribution in [0.15, 0.2) is 48.5 Å². The minimum Gasteiger partial charge on any atom is -0.465 e. The van der Waals surface area contributed by atoms with Crippen molar-refractivity contribution in [3.05, 3.63) is 59.7 Å². The van der Waals surface area contributed by atoms with E-state index >= 15 is 0 Å². The summed E-state index contributed by atoms with van der Waals surface area (Å²) in [4.78, 5) is 35.8. The third-order valence-electron chi connectivity index (χ3n) is 3.89. The highest BCUT2D eigenvalue weighted by Gasteiger charge is 2.30. The van der Waals surface area contributed by atoms with Crippen molar-refractivity contribution < 1.29 is 19.1 Å². The van der Waals surface area contributed by atoms with Crippen LogP contribution in [0, 0.1) is 0 Å². The zero-order valence-corrected chi connectivity index (χ0v) is 13.0. The first-order chi connectivity index (χ1) is 11.6. The molecule has 6 heteroatoms. The van der Waals surface area contributed by atoms with E-state index in [0.717, 1.165) is 5.56 Å². The van der Waals surface area contributed by atoms with E-state index in [0.29, 0.717) is 16.9 Å². The van der Waals surface area contributed by atoms with Crippen LogP contribution < -0.4 is 10.6 Å². The van der Waals surface area contributed by atoms with Crippen LogP contribution in [0.25, 0.3) is 0 Å². The molecule has 1 aliphatic heterocycles. The van der Waals surface area contributed by atoms with E-state index in [-0.39, 0.29) is 18.2 Å². The molecule has 1 heterocycles. The highest BCUT2D eigenvalue weighted by atomic mass is 16.5. The molecule has 2 aromatic carbocycles. The van der Waals surface area contributed by atoms with Crippen LogP contribution in [0.5, 0.6) is 0 Å². The Hall–Kier alpha value is -3.15. The Morgan fingerprint density at radius 3 is 2.54 bits per heavy atom. The van der Waals surface area contributed by atoms with E-state index in [1.807, 2.05) is 18.2 Å². The molecule has 0 saturated carbocycles. The van der Waals surface area contributed by atoms with Crippen LogP contribution >= 0.6 is 0 Å². The average molecular weight is 324 g/mol. The quantitative estimate of drug-likeness (QED) is 0.850. The number of rotatable bonds is 3. The van der Waals surface area contributed by atoms with Crippen LogP contribution in [0.3, 0.4) is 0 Å². The maximum Gasteiger partial charge on any atom is 0.337 e. The van der Waals surface area contributed by atoms with Crippen LogP contribution in [-0.4, -0.2) is 24.9 Å². The lowest BCUT2D eigenvalue weighted by molar-refractivity contribution is -0.123. The van der Waals surface area contributed by atoms with Crippen LogP contribution in [0.2, 0.25) is 0 Å². The van der Waals surface area contributed by atoms with Gasteiger partial charge in [-0.3, -0.25) is 9.59 Å². The minimum absolute atomic E-state index is 0.100. The number of anilines is 2. The van der Waals surface area contributed by atoms with Gasteiger partial charge in [-0.2, -0.15) is 0 Å². The maximum atomic E-state index is 12.6. The SMILES string of the molecule is COC(=O)c1ccc(NC(=O)C2CC(=O)Nc3ccccc32)cc1. The number of esters is 1. The minimum atomic E-state index is -0.546. The number of fused-ring (bicyclic) bond motifs is 1. The summed E-state index contributed by atoms with van der Waals surface area (Å²) >= 11 is 0. The molecule has 0 aliphatic carbocycles. The summed E-state index contributed by atoms with van der Waals surface area (Å²) in [5.41, 5.74) is 2.41. The van der Waals surface area contributed by atoms with Crippen molar-refractivity contribution in [2.45, 2.75) is 12.3 Å². The molecule has 1 aliphatic rings. The standard InChI is InChI=1S/C18H16N2O4/c1-24-18(23)11-6-8-12(9-7-11)19-17(22)14-10-16(21)20-15-5-3-2-4-13(14)15/h2-9,14H,10H2,1H3,(H,19,22)(H,20,21). The average Bonchev–Trinajstić information content (AvgIpc) is 2.60. The molecule has 2 aromatic rings. The second-order valence-electron chi connectivity index (χ2n) is 5.45. The molecule has 0 radical (unpaired) electrons. The van der Waals surface area contributed by atoms with Crippen LogP contribution in [-0.2, 0) is 14.3 Å². The summed E-state index contributed by atoms with van der Waals surface area (Å²) < 4.78 is 4.63. The van der Waals surface area contributed by atoms with Gasteiger partial charge in [-0.1, -0.05) is 18.2 Å². The molecule has 6 nitrogen and oxygen atoms in total. The normalized spacial score (nSPS) is 15.9. The third-order valence-corrected chi connectivity index (χ3v) is 3.89. The van der Waals surface area contributed by atoms with E-state index in [2.05, 4.69) is 15.4 Å². The first-order valence-electron chi connectivity index (χ1n) is 7.46. The lowest BCUT2D eigenvalue weighted by Crippen LogP contribution is -2.30. The summed E-state index contributed by atoms with van der Waals surface area (Å²) in [6.45, 7) is 0. The van der Waals surface area contributed by atoms with Gasteiger partial charge >= 0.3 is 5.97 Å². The number of carbonyl (C=O) groups is 3. The van der Waals surface area contributed by atoms with E-state index in [9.17, 15) is 14.4 Å². The number of ether oxygens (including phenoxy) is 1. The predicted molar refractivity (Wildman–Crippen MR) is 88.8 cm³/mol. The van der Waals surface area contributed by atoms with E-state index in [1.165, 1.54) is 7.11 Å². The van der Waals surface area contributed by atoms with Crippen molar-refractivity contribution in [2.24, 2.45) is 0 Å². The van der Waals surface area contributed by atoms with E-state index in [4.69, 9.17) is 0 Å². The van der Waals surface area contributed by atoms with Crippen molar-refractivity contribution in [1.29, 1.82) is 0 Å². The summed E-state index contributed by atoms with van der Waals surface area (Å²) in [5, 5.41) is 5.55. The Labute approximate surface area is 138 Å². The van der Waals surface area contributed by atoms with Gasteiger partial charge in [0.1, 0.15) is 0 Å². The molecule has 24 heavy (non-hydrogen) atoms. The lowest BCUT2D eigenvalue weighted by atomic mass is 9.90. The Kier molecular flexibility index (Phi) is 4.29. The van der Waals surface area contributed by atoms with Gasteiger partial charge in [-0.05, 0) is 35.9 Å². The smallest absolute Gasteiger partial charge is 0.337 e. The second kappa shape index (κ2) is 6.54. The molecule has 2 N–H and O–H groups in total. The molecule has 0 spiro atoms. The van der Waals surface area contributed by atoms with Gasteiger partial charge in [-0.15, -0.1) is 0 Å². The van der Waals surface area contributed by atoms with Crippen LogP contribution in [0.1, 0.15) is 28.3 Å². The molecule has 1 unspecified atom stereocenters. The van der Waals surface area contributed by atoms with E-state index < -0.39 is 11.9 Å². The Bertz CT molecular complexity index is 799. The molecule has 0 saturated heterocycles. The largest absolute Gasteiger partial charge is 0.465 e. The molecule has 122 valence electrons. The van der Waals surface area contributed by atoms with Crippen molar-refractivity contribution >= 4 is 29.2 Å². The fourth-order valence-corrected chi connectivity index (χ4v) is 2.68. The number of para-hydroxylation sites is 1. The molecule has 0 bridgehead atoms. The number of carbonyl (C=O) groups excluding carboxylic acids is 3. The zero-order valence-electron chi connectivity index (χ0n) is 13.0. The second-order valence-corrected chi connectivity index (χ2v) is 5.45. The number of amides is 2. The Balaban J connectivity index is 1.78. The Morgan fingerprint density at radius 1 is 1.12 bits per heavy atom. The Morgan fingerprint density at radius 2 is 1.83 bits per heavy atom. The van der Waals surface area contributed by atoms with Crippen LogP contribution in [0.4, 0.5) is 11.4 Å². The first-order valence-corrected chi connectivity index (χ1v) is 7.46. The van der Waals surface area contributed by atoms with Crippen molar-refractivity contribution in [3.63, 3.8) is 0 Å². The van der Waals surface area contributed by atoms with Gasteiger partial charge in [0.15, 0.2) is 0 Å². The fraction of sp³-hybridized carbons (Fsp3) is 0.167. The molecular formula is C18H16N2O4. The number of nitrogens with one attached hydrogen (secondary N) is 2. The molecular weight excluding hydrogens is 308 g/mol. The number of methoxy groups -OCH3 is 1. The maximum absolute atomic E-state index is 12.6. The third kappa shape index (κ3) is 3.12. The first kappa shape index (κ1) is 15.7. The number of benzene rings is 2. The van der Waals surface area contributed by atoms with Crippen molar-refractivity contribution in [2.75, 3.05) is 17.7 Å². The summed E-state index contributed by atoms with van der Waals surface area (Å²) in [7, 11) is 1.31. The van der Waals surface area contributed by atoms with Gasteiger partial charge in [0.2, 0.25) is 11.8 Å². The highest BCUT2D eigenvalue weighted by Crippen LogP contribution is 2.32. The van der Waals surface area contributed by atoms with Crippen molar-refractivity contribution in [1.82, 2.24) is 0 Å². The summed E-state index contributed by atoms with van der Waals surface area (Å²) in [6.07, 6.45) is 0.100. The number of hydrogen-bond acceptors (Lipinski definition) is 4. The van der Waals surface area contributed by atoms with Crippen molar-refractivity contribution in [3.8, 4) is 0 Å². The van der Waals surface area contributed by atoms with Gasteiger partial charge in [0, 0.05) is 17.8 Å². The summed E-state index contributed by atoms with van der Waals surface area (Å²) in [5.74, 6) is -1.43. The predicted octanol–water partition coefficient (Wildman–Crippen LogP) is 2.54. The van der Waals surface area contributed by atoms with Gasteiger partial charge in [0.05, 0.1) is 18.6 Å². The van der Waals surface area contributed by atoms with Gasteiger partial charge in [0.25, 0.3) is 0 Å².